The molecule has 2 atom stereocenters. The van der Waals surface area contributed by atoms with Gasteiger partial charge >= 0.3 is 0 Å². The van der Waals surface area contributed by atoms with Crippen LogP contribution < -0.4 is 5.32 Å². The monoisotopic (exact) mass is 131 g/mol. The standard InChI is InChI=1S/C6H13NS/c1-5-4-6(8)2-3-7-5/h5-8H,2-4H2,1H3/t5-,6-/m1/s1. The molecule has 1 aliphatic rings. The first-order chi connectivity index (χ1) is 3.79. The third-order valence-corrected chi connectivity index (χ3v) is 2.07. The minimum atomic E-state index is 0.645. The maximum absolute atomic E-state index is 4.38. The van der Waals surface area contributed by atoms with Crippen LogP contribution in [0.3, 0.4) is 0 Å². The normalized spacial score (nSPS) is 39.8. The molecule has 0 unspecified atom stereocenters. The Morgan fingerprint density at radius 2 is 2.38 bits per heavy atom. The Balaban J connectivity index is 2.23. The van der Waals surface area contributed by atoms with Gasteiger partial charge in [-0.25, -0.2) is 0 Å². The number of piperidine rings is 1. The van der Waals surface area contributed by atoms with Crippen LogP contribution in [-0.4, -0.2) is 17.8 Å². The zero-order valence-electron chi connectivity index (χ0n) is 5.22. The predicted octanol–water partition coefficient (Wildman–Crippen LogP) is 1.06. The van der Waals surface area contributed by atoms with E-state index in [1.54, 1.807) is 0 Å². The minimum Gasteiger partial charge on any atom is -0.314 e. The molecule has 0 aromatic carbocycles. The SMILES string of the molecule is C[C@@H]1C[C@H](S)CCN1. The van der Waals surface area contributed by atoms with Gasteiger partial charge < -0.3 is 5.32 Å². The topological polar surface area (TPSA) is 12.0 Å². The van der Waals surface area contributed by atoms with Crippen LogP contribution in [0.15, 0.2) is 0 Å². The third kappa shape index (κ3) is 1.67. The van der Waals surface area contributed by atoms with Gasteiger partial charge in [-0.15, -0.1) is 0 Å². The molecule has 1 rings (SSSR count). The summed E-state index contributed by atoms with van der Waals surface area (Å²) in [6.07, 6.45) is 2.45. The molecule has 0 aromatic rings. The van der Waals surface area contributed by atoms with Gasteiger partial charge in [-0.1, -0.05) is 0 Å². The summed E-state index contributed by atoms with van der Waals surface area (Å²) in [5, 5.41) is 4.01. The zero-order chi connectivity index (χ0) is 5.98. The van der Waals surface area contributed by atoms with E-state index >= 15 is 0 Å². The van der Waals surface area contributed by atoms with E-state index in [0.29, 0.717) is 11.3 Å². The molecule has 1 heterocycles. The second kappa shape index (κ2) is 2.74. The van der Waals surface area contributed by atoms with Crippen LogP contribution in [0.5, 0.6) is 0 Å². The quantitative estimate of drug-likeness (QED) is 0.468. The Bertz CT molecular complexity index is 66.9. The van der Waals surface area contributed by atoms with Gasteiger partial charge in [-0.05, 0) is 26.3 Å². The molecule has 0 amide bonds. The number of nitrogens with one attached hydrogen (secondary N) is 1. The minimum absolute atomic E-state index is 0.645. The molecule has 0 spiro atoms. The smallest absolute Gasteiger partial charge is 0.00491 e. The van der Waals surface area contributed by atoms with Crippen molar-refractivity contribution in [2.45, 2.75) is 31.1 Å². The molecule has 0 bridgehead atoms. The lowest BCUT2D eigenvalue weighted by molar-refractivity contribution is 0.435. The Morgan fingerprint density at radius 1 is 1.62 bits per heavy atom. The summed E-state index contributed by atoms with van der Waals surface area (Å²) >= 11 is 4.38. The van der Waals surface area contributed by atoms with E-state index in [1.165, 1.54) is 12.8 Å². The average Bonchev–Trinajstić information content (AvgIpc) is 1.64. The molecule has 1 aliphatic heterocycles. The van der Waals surface area contributed by atoms with Crippen LogP contribution in [0, 0.1) is 0 Å². The van der Waals surface area contributed by atoms with Crippen LogP contribution in [-0.2, 0) is 0 Å². The van der Waals surface area contributed by atoms with E-state index < -0.39 is 0 Å². The lowest BCUT2D eigenvalue weighted by Crippen LogP contribution is -2.36. The summed E-state index contributed by atoms with van der Waals surface area (Å²) < 4.78 is 0. The first kappa shape index (κ1) is 6.43. The highest BCUT2D eigenvalue weighted by Gasteiger charge is 2.13. The van der Waals surface area contributed by atoms with Crippen LogP contribution in [0.4, 0.5) is 0 Å². The lowest BCUT2D eigenvalue weighted by atomic mass is 10.1. The second-order valence-electron chi connectivity index (χ2n) is 2.53. The largest absolute Gasteiger partial charge is 0.314 e. The average molecular weight is 131 g/mol. The van der Waals surface area contributed by atoms with Crippen molar-refractivity contribution in [2.24, 2.45) is 0 Å². The molecule has 0 radical (unpaired) electrons. The highest BCUT2D eigenvalue weighted by Crippen LogP contribution is 2.12. The summed E-state index contributed by atoms with van der Waals surface area (Å²) in [5.74, 6) is 0. The summed E-state index contributed by atoms with van der Waals surface area (Å²) in [6.45, 7) is 3.36. The number of hydrogen-bond acceptors (Lipinski definition) is 2. The zero-order valence-corrected chi connectivity index (χ0v) is 6.12. The molecule has 0 aromatic heterocycles. The van der Waals surface area contributed by atoms with Crippen molar-refractivity contribution in [1.82, 2.24) is 5.32 Å². The summed E-state index contributed by atoms with van der Waals surface area (Å²) in [5.41, 5.74) is 0. The number of thiol groups is 1. The Morgan fingerprint density at radius 3 is 2.75 bits per heavy atom. The molecule has 8 heavy (non-hydrogen) atoms. The fraction of sp³-hybridized carbons (Fsp3) is 1.00. The van der Waals surface area contributed by atoms with Gasteiger partial charge in [0.25, 0.3) is 0 Å². The Kier molecular flexibility index (Phi) is 2.20. The molecule has 1 fully saturated rings. The van der Waals surface area contributed by atoms with E-state index in [0.717, 1.165) is 6.54 Å². The van der Waals surface area contributed by atoms with Gasteiger partial charge in [0.05, 0.1) is 0 Å². The molecular weight excluding hydrogens is 118 g/mol. The van der Waals surface area contributed by atoms with Crippen molar-refractivity contribution in [2.75, 3.05) is 6.54 Å². The van der Waals surface area contributed by atoms with E-state index in [-0.39, 0.29) is 0 Å². The predicted molar refractivity (Wildman–Crippen MR) is 39.5 cm³/mol. The first-order valence-corrected chi connectivity index (χ1v) is 3.72. The maximum Gasteiger partial charge on any atom is 0.00491 e. The number of rotatable bonds is 0. The molecule has 0 saturated carbocycles. The first-order valence-electron chi connectivity index (χ1n) is 3.20. The molecule has 1 nitrogen and oxygen atoms in total. The van der Waals surface area contributed by atoms with Crippen LogP contribution >= 0.6 is 12.6 Å². The third-order valence-electron chi connectivity index (χ3n) is 1.60. The van der Waals surface area contributed by atoms with Crippen LogP contribution in [0.2, 0.25) is 0 Å². The van der Waals surface area contributed by atoms with E-state index in [9.17, 15) is 0 Å². The van der Waals surface area contributed by atoms with Crippen LogP contribution in [0.25, 0.3) is 0 Å². The fourth-order valence-electron chi connectivity index (χ4n) is 1.11. The van der Waals surface area contributed by atoms with E-state index in [2.05, 4.69) is 24.9 Å². The summed E-state index contributed by atoms with van der Waals surface area (Å²) in [6, 6.07) is 0.686. The fourth-order valence-corrected chi connectivity index (χ4v) is 1.55. The van der Waals surface area contributed by atoms with Crippen molar-refractivity contribution in [3.05, 3.63) is 0 Å². The van der Waals surface area contributed by atoms with Gasteiger partial charge in [0.1, 0.15) is 0 Å². The number of hydrogen-bond donors (Lipinski definition) is 2. The molecule has 0 aliphatic carbocycles. The van der Waals surface area contributed by atoms with Gasteiger partial charge in [-0.3, -0.25) is 0 Å². The van der Waals surface area contributed by atoms with Crippen molar-refractivity contribution in [3.63, 3.8) is 0 Å². The molecule has 1 N–H and O–H groups in total. The summed E-state index contributed by atoms with van der Waals surface area (Å²) in [7, 11) is 0. The summed E-state index contributed by atoms with van der Waals surface area (Å²) in [4.78, 5) is 0. The molecule has 2 heteroatoms. The van der Waals surface area contributed by atoms with E-state index in [4.69, 9.17) is 0 Å². The van der Waals surface area contributed by atoms with Crippen molar-refractivity contribution in [3.8, 4) is 0 Å². The van der Waals surface area contributed by atoms with Gasteiger partial charge in [0.15, 0.2) is 0 Å². The second-order valence-corrected chi connectivity index (χ2v) is 3.26. The van der Waals surface area contributed by atoms with Crippen molar-refractivity contribution < 1.29 is 0 Å². The Labute approximate surface area is 56.3 Å². The highest BCUT2D eigenvalue weighted by atomic mass is 32.1. The maximum atomic E-state index is 4.38. The van der Waals surface area contributed by atoms with Gasteiger partial charge in [0, 0.05) is 11.3 Å². The van der Waals surface area contributed by atoms with Gasteiger partial charge in [-0.2, -0.15) is 12.6 Å². The van der Waals surface area contributed by atoms with Crippen molar-refractivity contribution in [1.29, 1.82) is 0 Å². The lowest BCUT2D eigenvalue weighted by Gasteiger charge is -2.23. The molecular formula is C6H13NS. The van der Waals surface area contributed by atoms with Crippen LogP contribution in [0.1, 0.15) is 19.8 Å². The molecule has 1 saturated heterocycles. The molecule has 48 valence electrons. The van der Waals surface area contributed by atoms with Crippen molar-refractivity contribution >= 4 is 12.6 Å². The van der Waals surface area contributed by atoms with E-state index in [1.807, 2.05) is 0 Å². The Hall–Kier alpha value is 0.310. The highest BCUT2D eigenvalue weighted by molar-refractivity contribution is 7.80. The van der Waals surface area contributed by atoms with Gasteiger partial charge in [0.2, 0.25) is 0 Å².